The molecule has 0 aliphatic rings. The van der Waals surface area contributed by atoms with Crippen molar-refractivity contribution in [1.29, 1.82) is 0 Å². The van der Waals surface area contributed by atoms with Gasteiger partial charge < -0.3 is 15.5 Å². The molecule has 0 saturated carbocycles. The van der Waals surface area contributed by atoms with Crippen molar-refractivity contribution in [3.63, 3.8) is 0 Å². The Morgan fingerprint density at radius 2 is 2.22 bits per heavy atom. The Morgan fingerprint density at radius 1 is 1.50 bits per heavy atom. The number of pyridine rings is 1. The summed E-state index contributed by atoms with van der Waals surface area (Å²) >= 11 is 0. The van der Waals surface area contributed by atoms with Gasteiger partial charge in [0.1, 0.15) is 5.82 Å². The predicted molar refractivity (Wildman–Crippen MR) is 73.9 cm³/mol. The van der Waals surface area contributed by atoms with E-state index in [4.69, 9.17) is 0 Å². The molecule has 0 unspecified atom stereocenters. The minimum atomic E-state index is -0.0930. The van der Waals surface area contributed by atoms with Crippen LogP contribution in [0.2, 0.25) is 0 Å². The molecule has 1 aromatic heterocycles. The second kappa shape index (κ2) is 6.96. The molecule has 100 valence electrons. The zero-order chi connectivity index (χ0) is 13.5. The summed E-state index contributed by atoms with van der Waals surface area (Å²) in [6, 6.07) is 4.00. The molecule has 1 aromatic rings. The Balaban J connectivity index is 2.50. The zero-order valence-electron chi connectivity index (χ0n) is 11.5. The topological polar surface area (TPSA) is 57.3 Å². The van der Waals surface area contributed by atoms with Crippen LogP contribution < -0.4 is 10.6 Å². The van der Waals surface area contributed by atoms with Crippen molar-refractivity contribution >= 4 is 11.7 Å². The van der Waals surface area contributed by atoms with Gasteiger partial charge in [0.15, 0.2) is 0 Å². The summed E-state index contributed by atoms with van der Waals surface area (Å²) in [5.41, 5.74) is 0.576. The minimum absolute atomic E-state index is 0.0930. The molecular weight excluding hydrogens is 228 g/mol. The second-order valence-corrected chi connectivity index (χ2v) is 4.48. The van der Waals surface area contributed by atoms with Crippen molar-refractivity contribution in [2.24, 2.45) is 0 Å². The molecule has 0 saturated heterocycles. The van der Waals surface area contributed by atoms with Gasteiger partial charge in [0.2, 0.25) is 0 Å². The van der Waals surface area contributed by atoms with Gasteiger partial charge in [0, 0.05) is 32.4 Å². The lowest BCUT2D eigenvalue weighted by Crippen LogP contribution is -2.36. The van der Waals surface area contributed by atoms with E-state index in [2.05, 4.69) is 34.4 Å². The number of nitrogens with one attached hydrogen (secondary N) is 2. The highest BCUT2D eigenvalue weighted by molar-refractivity contribution is 5.98. The molecule has 2 N–H and O–H groups in total. The van der Waals surface area contributed by atoms with Crippen LogP contribution in [0.3, 0.4) is 0 Å². The Bertz CT molecular complexity index is 392. The molecular formula is C13H22N4O. The number of rotatable bonds is 6. The third-order valence-corrected chi connectivity index (χ3v) is 2.92. The fourth-order valence-electron chi connectivity index (χ4n) is 1.49. The Hall–Kier alpha value is -1.62. The summed E-state index contributed by atoms with van der Waals surface area (Å²) in [5, 5.41) is 5.81. The average Bonchev–Trinajstić information content (AvgIpc) is 2.38. The molecule has 1 rings (SSSR count). The van der Waals surface area contributed by atoms with Crippen molar-refractivity contribution in [2.75, 3.05) is 32.5 Å². The van der Waals surface area contributed by atoms with Gasteiger partial charge in [-0.2, -0.15) is 0 Å². The monoisotopic (exact) mass is 250 g/mol. The largest absolute Gasteiger partial charge is 0.372 e. The first kappa shape index (κ1) is 14.4. The molecule has 0 fully saturated rings. The van der Waals surface area contributed by atoms with Crippen molar-refractivity contribution in [1.82, 2.24) is 15.2 Å². The average molecular weight is 250 g/mol. The van der Waals surface area contributed by atoms with Crippen molar-refractivity contribution in [3.05, 3.63) is 23.9 Å². The molecule has 1 heterocycles. The summed E-state index contributed by atoms with van der Waals surface area (Å²) in [7, 11) is 3.80. The van der Waals surface area contributed by atoms with Crippen molar-refractivity contribution in [3.8, 4) is 0 Å². The maximum Gasteiger partial charge on any atom is 0.255 e. The molecule has 5 nitrogen and oxygen atoms in total. The van der Waals surface area contributed by atoms with Gasteiger partial charge >= 0.3 is 0 Å². The van der Waals surface area contributed by atoms with Crippen LogP contribution in [0.5, 0.6) is 0 Å². The molecule has 0 radical (unpaired) electrons. The predicted octanol–water partition coefficient (Wildman–Crippen LogP) is 1.19. The first-order valence-electron chi connectivity index (χ1n) is 6.17. The Morgan fingerprint density at radius 3 is 2.83 bits per heavy atom. The minimum Gasteiger partial charge on any atom is -0.372 e. The molecule has 0 aliphatic carbocycles. The number of amides is 1. The highest BCUT2D eigenvalue weighted by Gasteiger charge is 2.11. The summed E-state index contributed by atoms with van der Waals surface area (Å²) in [5.74, 6) is 0.511. The van der Waals surface area contributed by atoms with Crippen LogP contribution in [0.15, 0.2) is 18.3 Å². The fourth-order valence-corrected chi connectivity index (χ4v) is 1.49. The number of hydrogen-bond donors (Lipinski definition) is 2. The summed E-state index contributed by atoms with van der Waals surface area (Å²) < 4.78 is 0. The van der Waals surface area contributed by atoms with Crippen LogP contribution in [0.25, 0.3) is 0 Å². The van der Waals surface area contributed by atoms with Gasteiger partial charge in [-0.3, -0.25) is 4.79 Å². The first-order chi connectivity index (χ1) is 8.56. The van der Waals surface area contributed by atoms with Gasteiger partial charge in [-0.1, -0.05) is 0 Å². The Kier molecular flexibility index (Phi) is 5.58. The van der Waals surface area contributed by atoms with Crippen LogP contribution in [0, 0.1) is 0 Å². The SMILES string of the molecule is CNc1ncccc1C(=O)NCCN(C)C(C)C. The van der Waals surface area contributed by atoms with E-state index >= 15 is 0 Å². The van der Waals surface area contributed by atoms with Gasteiger partial charge in [-0.25, -0.2) is 4.98 Å². The summed E-state index contributed by atoms with van der Waals surface area (Å²) in [6.07, 6.45) is 1.66. The number of hydrogen-bond acceptors (Lipinski definition) is 4. The smallest absolute Gasteiger partial charge is 0.255 e. The number of nitrogens with zero attached hydrogens (tertiary/aromatic N) is 2. The molecule has 0 atom stereocenters. The Labute approximate surface area is 109 Å². The van der Waals surface area contributed by atoms with E-state index in [-0.39, 0.29) is 5.91 Å². The highest BCUT2D eigenvalue weighted by atomic mass is 16.1. The highest BCUT2D eigenvalue weighted by Crippen LogP contribution is 2.09. The molecule has 0 aliphatic heterocycles. The van der Waals surface area contributed by atoms with E-state index in [9.17, 15) is 4.79 Å². The van der Waals surface area contributed by atoms with E-state index in [0.29, 0.717) is 24.0 Å². The maximum atomic E-state index is 12.0. The number of carbonyl (C=O) groups is 1. The quantitative estimate of drug-likeness (QED) is 0.796. The molecule has 18 heavy (non-hydrogen) atoms. The van der Waals surface area contributed by atoms with Crippen molar-refractivity contribution < 1.29 is 4.79 Å². The molecule has 0 spiro atoms. The molecule has 0 aromatic carbocycles. The summed E-state index contributed by atoms with van der Waals surface area (Å²) in [6.45, 7) is 5.72. The zero-order valence-corrected chi connectivity index (χ0v) is 11.5. The van der Waals surface area contributed by atoms with E-state index in [1.165, 1.54) is 0 Å². The third-order valence-electron chi connectivity index (χ3n) is 2.92. The molecule has 0 bridgehead atoms. The maximum absolute atomic E-state index is 12.0. The lowest BCUT2D eigenvalue weighted by atomic mass is 10.2. The lowest BCUT2D eigenvalue weighted by molar-refractivity contribution is 0.0948. The lowest BCUT2D eigenvalue weighted by Gasteiger charge is -2.21. The normalized spacial score (nSPS) is 10.8. The van der Waals surface area contributed by atoms with E-state index < -0.39 is 0 Å². The standard InChI is InChI=1S/C13H22N4O/c1-10(2)17(4)9-8-16-13(18)11-6-5-7-15-12(11)14-3/h5-7,10H,8-9H2,1-4H3,(H,14,15)(H,16,18). The third kappa shape index (κ3) is 4.00. The number of anilines is 1. The van der Waals surface area contributed by atoms with Crippen LogP contribution >= 0.6 is 0 Å². The van der Waals surface area contributed by atoms with Crippen LogP contribution in [-0.4, -0.2) is 49.0 Å². The second-order valence-electron chi connectivity index (χ2n) is 4.48. The van der Waals surface area contributed by atoms with Gasteiger partial charge in [0.25, 0.3) is 5.91 Å². The van der Waals surface area contributed by atoms with Crippen LogP contribution in [-0.2, 0) is 0 Å². The fraction of sp³-hybridized carbons (Fsp3) is 0.538. The van der Waals surface area contributed by atoms with Crippen molar-refractivity contribution in [2.45, 2.75) is 19.9 Å². The van der Waals surface area contributed by atoms with E-state index in [1.54, 1.807) is 25.4 Å². The van der Waals surface area contributed by atoms with Gasteiger partial charge in [0.05, 0.1) is 5.56 Å². The number of carbonyl (C=O) groups excluding carboxylic acids is 1. The molecule has 1 amide bonds. The van der Waals surface area contributed by atoms with E-state index in [1.807, 2.05) is 7.05 Å². The first-order valence-corrected chi connectivity index (χ1v) is 6.17. The number of likely N-dealkylation sites (N-methyl/N-ethyl adjacent to an activating group) is 1. The van der Waals surface area contributed by atoms with Crippen LogP contribution in [0.1, 0.15) is 24.2 Å². The van der Waals surface area contributed by atoms with Gasteiger partial charge in [-0.15, -0.1) is 0 Å². The number of aromatic nitrogens is 1. The molecule has 5 heteroatoms. The van der Waals surface area contributed by atoms with E-state index in [0.717, 1.165) is 6.54 Å². The van der Waals surface area contributed by atoms with Crippen LogP contribution in [0.4, 0.5) is 5.82 Å². The van der Waals surface area contributed by atoms with Gasteiger partial charge in [-0.05, 0) is 33.0 Å². The summed E-state index contributed by atoms with van der Waals surface area (Å²) in [4.78, 5) is 18.3.